The quantitative estimate of drug-likeness (QED) is 0.357. The predicted molar refractivity (Wildman–Crippen MR) is 88.8 cm³/mol. The molecule has 126 valence electrons. The summed E-state index contributed by atoms with van der Waals surface area (Å²) in [5.41, 5.74) is 0. The number of carbonyl (C=O) groups is 1. The van der Waals surface area contributed by atoms with Gasteiger partial charge in [0.05, 0.1) is 0 Å². The van der Waals surface area contributed by atoms with E-state index in [4.69, 9.17) is 9.84 Å². The standard InChI is InChI=1S/C18H36O3/c1-2-16-21-17-14-12-10-8-6-4-3-5-7-9-11-13-15-18(19)20/h2-17H2,1H3,(H,19,20). The number of rotatable bonds is 17. The molecule has 21 heavy (non-hydrogen) atoms. The predicted octanol–water partition coefficient (Wildman–Crippen LogP) is 5.57. The van der Waals surface area contributed by atoms with Gasteiger partial charge in [0, 0.05) is 19.6 Å². The summed E-state index contributed by atoms with van der Waals surface area (Å²) >= 11 is 0. The Labute approximate surface area is 131 Å². The first kappa shape index (κ1) is 20.4. The third kappa shape index (κ3) is 19.4. The highest BCUT2D eigenvalue weighted by Gasteiger charge is 1.97. The molecule has 0 atom stereocenters. The van der Waals surface area contributed by atoms with Gasteiger partial charge in [0.15, 0.2) is 0 Å². The average Bonchev–Trinajstić information content (AvgIpc) is 2.46. The van der Waals surface area contributed by atoms with Gasteiger partial charge >= 0.3 is 5.97 Å². The first-order valence-electron chi connectivity index (χ1n) is 9.07. The molecule has 0 rings (SSSR count). The smallest absolute Gasteiger partial charge is 0.303 e. The van der Waals surface area contributed by atoms with Crippen molar-refractivity contribution in [3.63, 3.8) is 0 Å². The lowest BCUT2D eigenvalue weighted by Crippen LogP contribution is -1.95. The molecule has 0 aliphatic carbocycles. The van der Waals surface area contributed by atoms with E-state index in [1.54, 1.807) is 0 Å². The minimum absolute atomic E-state index is 0.337. The summed E-state index contributed by atoms with van der Waals surface area (Å²) in [5.74, 6) is -0.660. The lowest BCUT2D eigenvalue weighted by Gasteiger charge is -2.04. The molecule has 0 bridgehead atoms. The fourth-order valence-corrected chi connectivity index (χ4v) is 2.49. The molecule has 0 amide bonds. The van der Waals surface area contributed by atoms with Crippen LogP contribution in [0.5, 0.6) is 0 Å². The van der Waals surface area contributed by atoms with E-state index >= 15 is 0 Å². The first-order chi connectivity index (χ1) is 10.3. The zero-order valence-corrected chi connectivity index (χ0v) is 14.1. The van der Waals surface area contributed by atoms with Crippen LogP contribution in [0.3, 0.4) is 0 Å². The van der Waals surface area contributed by atoms with Crippen molar-refractivity contribution in [2.75, 3.05) is 13.2 Å². The van der Waals surface area contributed by atoms with Crippen LogP contribution in [0.15, 0.2) is 0 Å². The van der Waals surface area contributed by atoms with Crippen LogP contribution in [0.1, 0.15) is 96.8 Å². The molecule has 0 heterocycles. The highest BCUT2D eigenvalue weighted by molar-refractivity contribution is 5.66. The van der Waals surface area contributed by atoms with Gasteiger partial charge in [-0.05, 0) is 19.3 Å². The normalized spacial score (nSPS) is 10.9. The zero-order chi connectivity index (χ0) is 15.6. The summed E-state index contributed by atoms with van der Waals surface area (Å²) < 4.78 is 5.46. The van der Waals surface area contributed by atoms with Gasteiger partial charge in [-0.3, -0.25) is 4.79 Å². The van der Waals surface area contributed by atoms with E-state index in [0.717, 1.165) is 32.5 Å². The molecule has 0 radical (unpaired) electrons. The van der Waals surface area contributed by atoms with Crippen LogP contribution in [-0.2, 0) is 9.53 Å². The molecule has 0 aromatic heterocycles. The van der Waals surface area contributed by atoms with E-state index in [1.165, 1.54) is 64.2 Å². The largest absolute Gasteiger partial charge is 0.481 e. The SMILES string of the molecule is CCCOCCCCCCCCCCCCCCC(=O)O. The van der Waals surface area contributed by atoms with Crippen LogP contribution >= 0.6 is 0 Å². The number of ether oxygens (including phenoxy) is 1. The van der Waals surface area contributed by atoms with E-state index in [9.17, 15) is 4.79 Å². The van der Waals surface area contributed by atoms with Crippen molar-refractivity contribution in [1.29, 1.82) is 0 Å². The van der Waals surface area contributed by atoms with E-state index < -0.39 is 5.97 Å². The molecule has 0 aliphatic heterocycles. The molecule has 0 saturated carbocycles. The molecule has 0 fully saturated rings. The minimum atomic E-state index is -0.660. The molecule has 0 unspecified atom stereocenters. The fraction of sp³-hybridized carbons (Fsp3) is 0.944. The third-order valence-corrected chi connectivity index (χ3v) is 3.78. The first-order valence-corrected chi connectivity index (χ1v) is 9.07. The molecule has 0 aliphatic rings. The Balaban J connectivity index is 2.95. The maximum atomic E-state index is 10.3. The van der Waals surface area contributed by atoms with Gasteiger partial charge in [0.25, 0.3) is 0 Å². The van der Waals surface area contributed by atoms with Crippen molar-refractivity contribution in [2.45, 2.75) is 96.8 Å². The molecular formula is C18H36O3. The fourth-order valence-electron chi connectivity index (χ4n) is 2.49. The highest BCUT2D eigenvalue weighted by Crippen LogP contribution is 2.12. The van der Waals surface area contributed by atoms with Crippen LogP contribution in [0.2, 0.25) is 0 Å². The van der Waals surface area contributed by atoms with Gasteiger partial charge < -0.3 is 9.84 Å². The number of carboxylic acid groups (broad SMARTS) is 1. The summed E-state index contributed by atoms with van der Waals surface area (Å²) in [6.45, 7) is 4.00. The van der Waals surface area contributed by atoms with Crippen molar-refractivity contribution in [3.8, 4) is 0 Å². The molecule has 3 nitrogen and oxygen atoms in total. The maximum absolute atomic E-state index is 10.3. The Morgan fingerprint density at radius 1 is 0.714 bits per heavy atom. The summed E-state index contributed by atoms with van der Waals surface area (Å²) in [7, 11) is 0. The Morgan fingerprint density at radius 2 is 1.14 bits per heavy atom. The van der Waals surface area contributed by atoms with Crippen molar-refractivity contribution in [2.24, 2.45) is 0 Å². The van der Waals surface area contributed by atoms with Crippen LogP contribution in [0.4, 0.5) is 0 Å². The Hall–Kier alpha value is -0.570. The Bertz CT molecular complexity index is 217. The second-order valence-corrected chi connectivity index (χ2v) is 6.00. The second kappa shape index (κ2) is 17.5. The molecule has 0 saturated heterocycles. The summed E-state index contributed by atoms with van der Waals surface area (Å²) in [6, 6.07) is 0. The molecule has 1 N–H and O–H groups in total. The van der Waals surface area contributed by atoms with E-state index in [2.05, 4.69) is 6.92 Å². The van der Waals surface area contributed by atoms with Gasteiger partial charge in [-0.15, -0.1) is 0 Å². The molecule has 3 heteroatoms. The summed E-state index contributed by atoms with van der Waals surface area (Å²) in [5, 5.41) is 8.52. The number of carboxylic acids is 1. The monoisotopic (exact) mass is 300 g/mol. The van der Waals surface area contributed by atoms with E-state index in [0.29, 0.717) is 6.42 Å². The van der Waals surface area contributed by atoms with Gasteiger partial charge in [0.1, 0.15) is 0 Å². The van der Waals surface area contributed by atoms with Crippen LogP contribution in [0.25, 0.3) is 0 Å². The molecular weight excluding hydrogens is 264 g/mol. The average molecular weight is 300 g/mol. The Morgan fingerprint density at radius 3 is 1.57 bits per heavy atom. The van der Waals surface area contributed by atoms with Gasteiger partial charge in [-0.2, -0.15) is 0 Å². The van der Waals surface area contributed by atoms with Gasteiger partial charge in [-0.25, -0.2) is 0 Å². The summed E-state index contributed by atoms with van der Waals surface area (Å²) in [4.78, 5) is 10.3. The number of hydrogen-bond acceptors (Lipinski definition) is 2. The van der Waals surface area contributed by atoms with Crippen molar-refractivity contribution >= 4 is 5.97 Å². The van der Waals surface area contributed by atoms with Crippen molar-refractivity contribution < 1.29 is 14.6 Å². The lowest BCUT2D eigenvalue weighted by molar-refractivity contribution is -0.137. The highest BCUT2D eigenvalue weighted by atomic mass is 16.5. The number of hydrogen-bond donors (Lipinski definition) is 1. The molecule has 0 spiro atoms. The van der Waals surface area contributed by atoms with E-state index in [-0.39, 0.29) is 0 Å². The third-order valence-electron chi connectivity index (χ3n) is 3.78. The number of unbranched alkanes of at least 4 members (excludes halogenated alkanes) is 11. The number of aliphatic carboxylic acids is 1. The zero-order valence-electron chi connectivity index (χ0n) is 14.1. The van der Waals surface area contributed by atoms with Crippen molar-refractivity contribution in [3.05, 3.63) is 0 Å². The van der Waals surface area contributed by atoms with Crippen LogP contribution in [-0.4, -0.2) is 24.3 Å². The van der Waals surface area contributed by atoms with Crippen molar-refractivity contribution in [1.82, 2.24) is 0 Å². The van der Waals surface area contributed by atoms with E-state index in [1.807, 2.05) is 0 Å². The maximum Gasteiger partial charge on any atom is 0.303 e. The Kier molecular flexibility index (Phi) is 17.0. The summed E-state index contributed by atoms with van der Waals surface area (Å²) in [6.07, 6.45) is 16.5. The topological polar surface area (TPSA) is 46.5 Å². The second-order valence-electron chi connectivity index (χ2n) is 6.00. The van der Waals surface area contributed by atoms with Gasteiger partial charge in [-0.1, -0.05) is 71.1 Å². The van der Waals surface area contributed by atoms with Crippen LogP contribution in [0, 0.1) is 0 Å². The van der Waals surface area contributed by atoms with Crippen LogP contribution < -0.4 is 0 Å². The van der Waals surface area contributed by atoms with Gasteiger partial charge in [0.2, 0.25) is 0 Å². The molecule has 0 aromatic carbocycles. The lowest BCUT2D eigenvalue weighted by atomic mass is 10.0. The minimum Gasteiger partial charge on any atom is -0.481 e. The molecule has 0 aromatic rings.